The van der Waals surface area contributed by atoms with Crippen molar-refractivity contribution < 1.29 is 14.0 Å². The zero-order chi connectivity index (χ0) is 19.2. The fourth-order valence-corrected chi connectivity index (χ4v) is 3.29. The van der Waals surface area contributed by atoms with Gasteiger partial charge in [0.2, 0.25) is 5.91 Å². The molecule has 8 heteroatoms. The first kappa shape index (κ1) is 19.0. The standard InChI is InChI=1S/C19H25N5O3/c1-3-17-21-9-13(10-22-17)11-24-12-14(8-15(24)18(25)20-4-2)23-19(26)16-6-5-7-27-16/h5-7,9-10,14-15H,3-4,8,11-12H2,1-2H3,(H,20,25)(H,23,26)/t14-,15-/m0/s1. The summed E-state index contributed by atoms with van der Waals surface area (Å²) in [5.74, 6) is 0.770. The monoisotopic (exact) mass is 371 g/mol. The summed E-state index contributed by atoms with van der Waals surface area (Å²) >= 11 is 0. The second kappa shape index (κ2) is 8.77. The van der Waals surface area contributed by atoms with E-state index in [9.17, 15) is 9.59 Å². The van der Waals surface area contributed by atoms with Crippen LogP contribution in [-0.2, 0) is 17.8 Å². The maximum atomic E-state index is 12.5. The Hall–Kier alpha value is -2.74. The number of hydrogen-bond donors (Lipinski definition) is 2. The first-order valence-corrected chi connectivity index (χ1v) is 9.26. The van der Waals surface area contributed by atoms with E-state index < -0.39 is 0 Å². The minimum atomic E-state index is -0.308. The van der Waals surface area contributed by atoms with Crippen molar-refractivity contribution in [1.82, 2.24) is 25.5 Å². The Bertz CT molecular complexity index is 760. The summed E-state index contributed by atoms with van der Waals surface area (Å²) in [4.78, 5) is 35.5. The second-order valence-corrected chi connectivity index (χ2v) is 6.58. The van der Waals surface area contributed by atoms with Crippen LogP contribution in [0.15, 0.2) is 35.2 Å². The van der Waals surface area contributed by atoms with Crippen LogP contribution >= 0.6 is 0 Å². The molecule has 2 atom stereocenters. The molecule has 0 saturated carbocycles. The molecule has 0 bridgehead atoms. The lowest BCUT2D eigenvalue weighted by molar-refractivity contribution is -0.125. The van der Waals surface area contributed by atoms with Crippen LogP contribution in [0.3, 0.4) is 0 Å². The summed E-state index contributed by atoms with van der Waals surface area (Å²) in [6, 6.07) is 2.85. The molecule has 0 aliphatic carbocycles. The van der Waals surface area contributed by atoms with Gasteiger partial charge in [0.1, 0.15) is 5.82 Å². The van der Waals surface area contributed by atoms with Gasteiger partial charge in [-0.1, -0.05) is 6.92 Å². The highest BCUT2D eigenvalue weighted by Gasteiger charge is 2.37. The lowest BCUT2D eigenvalue weighted by Gasteiger charge is -2.23. The van der Waals surface area contributed by atoms with E-state index in [2.05, 4.69) is 25.5 Å². The van der Waals surface area contributed by atoms with Gasteiger partial charge < -0.3 is 15.1 Å². The highest BCUT2D eigenvalue weighted by Crippen LogP contribution is 2.21. The van der Waals surface area contributed by atoms with Crippen LogP contribution in [0.25, 0.3) is 0 Å². The number of amides is 2. The number of carbonyl (C=O) groups is 2. The van der Waals surface area contributed by atoms with Crippen molar-refractivity contribution in [3.05, 3.63) is 47.9 Å². The molecule has 3 heterocycles. The van der Waals surface area contributed by atoms with Gasteiger partial charge >= 0.3 is 0 Å². The number of aromatic nitrogens is 2. The Morgan fingerprint density at radius 1 is 1.30 bits per heavy atom. The van der Waals surface area contributed by atoms with Gasteiger partial charge in [0.05, 0.1) is 12.3 Å². The molecule has 1 fully saturated rings. The van der Waals surface area contributed by atoms with E-state index in [1.165, 1.54) is 6.26 Å². The number of rotatable bonds is 7. The van der Waals surface area contributed by atoms with Gasteiger partial charge in [0, 0.05) is 50.1 Å². The van der Waals surface area contributed by atoms with Crippen molar-refractivity contribution in [3.63, 3.8) is 0 Å². The molecule has 2 amide bonds. The van der Waals surface area contributed by atoms with Gasteiger partial charge in [-0.15, -0.1) is 0 Å². The lowest BCUT2D eigenvalue weighted by atomic mass is 10.1. The van der Waals surface area contributed by atoms with Crippen molar-refractivity contribution in [1.29, 1.82) is 0 Å². The van der Waals surface area contributed by atoms with Crippen LogP contribution in [0.1, 0.15) is 42.2 Å². The van der Waals surface area contributed by atoms with Gasteiger partial charge in [0.25, 0.3) is 5.91 Å². The predicted molar refractivity (Wildman–Crippen MR) is 98.9 cm³/mol. The predicted octanol–water partition coefficient (Wildman–Crippen LogP) is 1.14. The minimum absolute atomic E-state index is 0.0293. The van der Waals surface area contributed by atoms with Crippen LogP contribution in [0.4, 0.5) is 0 Å². The quantitative estimate of drug-likeness (QED) is 0.757. The van der Waals surface area contributed by atoms with Crippen molar-refractivity contribution >= 4 is 11.8 Å². The fraction of sp³-hybridized carbons (Fsp3) is 0.474. The van der Waals surface area contributed by atoms with E-state index in [1.54, 1.807) is 24.5 Å². The van der Waals surface area contributed by atoms with Crippen molar-refractivity contribution in [2.24, 2.45) is 0 Å². The number of likely N-dealkylation sites (N-methyl/N-ethyl adjacent to an activating group) is 1. The highest BCUT2D eigenvalue weighted by molar-refractivity contribution is 5.91. The Kier molecular flexibility index (Phi) is 6.18. The first-order chi connectivity index (χ1) is 13.1. The van der Waals surface area contributed by atoms with Crippen molar-refractivity contribution in [2.75, 3.05) is 13.1 Å². The number of aryl methyl sites for hydroxylation is 1. The molecular weight excluding hydrogens is 346 g/mol. The van der Waals surface area contributed by atoms with Crippen molar-refractivity contribution in [2.45, 2.75) is 45.3 Å². The summed E-state index contributed by atoms with van der Waals surface area (Å²) in [6.45, 7) is 5.60. The zero-order valence-electron chi connectivity index (χ0n) is 15.6. The molecule has 1 saturated heterocycles. The van der Waals surface area contributed by atoms with Crippen LogP contribution in [0.5, 0.6) is 0 Å². The number of carbonyl (C=O) groups excluding carboxylic acids is 2. The van der Waals surface area contributed by atoms with E-state index in [1.807, 2.05) is 13.8 Å². The third-order valence-electron chi connectivity index (χ3n) is 4.60. The molecule has 0 aromatic carbocycles. The van der Waals surface area contributed by atoms with Crippen LogP contribution in [0.2, 0.25) is 0 Å². The first-order valence-electron chi connectivity index (χ1n) is 9.26. The molecule has 2 aromatic heterocycles. The number of nitrogens with one attached hydrogen (secondary N) is 2. The molecular formula is C19H25N5O3. The van der Waals surface area contributed by atoms with Gasteiger partial charge in [-0.2, -0.15) is 0 Å². The molecule has 2 aromatic rings. The van der Waals surface area contributed by atoms with Crippen LogP contribution < -0.4 is 10.6 Å². The van der Waals surface area contributed by atoms with Gasteiger partial charge in [-0.05, 0) is 25.5 Å². The molecule has 0 radical (unpaired) electrons. The Morgan fingerprint density at radius 2 is 2.07 bits per heavy atom. The minimum Gasteiger partial charge on any atom is -0.459 e. The largest absolute Gasteiger partial charge is 0.459 e. The van der Waals surface area contributed by atoms with E-state index in [-0.39, 0.29) is 29.7 Å². The summed E-state index contributed by atoms with van der Waals surface area (Å²) in [6.07, 6.45) is 6.40. The molecule has 1 aliphatic heterocycles. The number of nitrogens with zero attached hydrogens (tertiary/aromatic N) is 3. The maximum absolute atomic E-state index is 12.5. The molecule has 144 valence electrons. The molecule has 0 unspecified atom stereocenters. The molecule has 8 nitrogen and oxygen atoms in total. The van der Waals surface area contributed by atoms with E-state index in [0.29, 0.717) is 26.1 Å². The second-order valence-electron chi connectivity index (χ2n) is 6.58. The summed E-state index contributed by atoms with van der Waals surface area (Å²) in [7, 11) is 0. The summed E-state index contributed by atoms with van der Waals surface area (Å²) < 4.78 is 5.14. The number of hydrogen-bond acceptors (Lipinski definition) is 6. The topological polar surface area (TPSA) is 100 Å². The normalized spacial score (nSPS) is 19.8. The summed E-state index contributed by atoms with van der Waals surface area (Å²) in [5.41, 5.74) is 0.944. The van der Waals surface area contributed by atoms with Gasteiger partial charge in [-0.25, -0.2) is 9.97 Å². The van der Waals surface area contributed by atoms with E-state index in [4.69, 9.17) is 4.42 Å². The molecule has 27 heavy (non-hydrogen) atoms. The zero-order valence-corrected chi connectivity index (χ0v) is 15.6. The highest BCUT2D eigenvalue weighted by atomic mass is 16.3. The third-order valence-corrected chi connectivity index (χ3v) is 4.60. The number of likely N-dealkylation sites (tertiary alicyclic amines) is 1. The number of furan rings is 1. The SMILES string of the molecule is CCNC(=O)[C@@H]1C[C@H](NC(=O)c2ccco2)CN1Cc1cnc(CC)nc1. The fourth-order valence-electron chi connectivity index (χ4n) is 3.29. The lowest BCUT2D eigenvalue weighted by Crippen LogP contribution is -2.42. The molecule has 3 rings (SSSR count). The summed E-state index contributed by atoms with van der Waals surface area (Å²) in [5, 5.41) is 5.84. The Labute approximate surface area is 158 Å². The smallest absolute Gasteiger partial charge is 0.287 e. The molecule has 2 N–H and O–H groups in total. The van der Waals surface area contributed by atoms with Gasteiger partial charge in [-0.3, -0.25) is 14.5 Å². The molecule has 1 aliphatic rings. The van der Waals surface area contributed by atoms with E-state index >= 15 is 0 Å². The van der Waals surface area contributed by atoms with Crippen molar-refractivity contribution in [3.8, 4) is 0 Å². The Balaban J connectivity index is 1.68. The average Bonchev–Trinajstić information content (AvgIpc) is 3.33. The van der Waals surface area contributed by atoms with E-state index in [0.717, 1.165) is 17.8 Å². The average molecular weight is 371 g/mol. The van der Waals surface area contributed by atoms with Crippen LogP contribution in [0, 0.1) is 0 Å². The third kappa shape index (κ3) is 4.71. The van der Waals surface area contributed by atoms with Gasteiger partial charge in [0.15, 0.2) is 5.76 Å². The Morgan fingerprint density at radius 3 is 2.70 bits per heavy atom. The molecule has 0 spiro atoms. The van der Waals surface area contributed by atoms with Crippen LogP contribution in [-0.4, -0.2) is 51.9 Å². The maximum Gasteiger partial charge on any atom is 0.287 e.